The van der Waals surface area contributed by atoms with Gasteiger partial charge < -0.3 is 20.1 Å². The Morgan fingerprint density at radius 2 is 1.76 bits per heavy atom. The lowest BCUT2D eigenvalue weighted by atomic mass is 10.2. The molecular formula is C23H32IN5O4. The van der Waals surface area contributed by atoms with Crippen molar-refractivity contribution >= 4 is 35.6 Å². The number of benzene rings is 2. The molecule has 0 saturated carbocycles. The summed E-state index contributed by atoms with van der Waals surface area (Å²) >= 11 is 0. The molecule has 0 spiro atoms. The zero-order valence-electron chi connectivity index (χ0n) is 18.9. The number of ether oxygens (including phenoxy) is 2. The maximum absolute atomic E-state index is 10.8. The van der Waals surface area contributed by atoms with Crippen molar-refractivity contribution < 1.29 is 14.4 Å². The van der Waals surface area contributed by atoms with E-state index in [-0.39, 0.29) is 29.7 Å². The normalized spacial score (nSPS) is 14.3. The van der Waals surface area contributed by atoms with E-state index in [2.05, 4.69) is 20.5 Å². The van der Waals surface area contributed by atoms with Crippen molar-refractivity contribution in [2.45, 2.75) is 13.5 Å². The molecule has 0 amide bonds. The predicted molar refractivity (Wildman–Crippen MR) is 140 cm³/mol. The molecule has 2 N–H and O–H groups in total. The maximum atomic E-state index is 10.8. The van der Waals surface area contributed by atoms with Crippen molar-refractivity contribution in [1.29, 1.82) is 0 Å². The Morgan fingerprint density at radius 1 is 1.09 bits per heavy atom. The van der Waals surface area contributed by atoms with E-state index in [1.807, 2.05) is 31.2 Å². The minimum atomic E-state index is -0.402. The summed E-state index contributed by atoms with van der Waals surface area (Å²) in [4.78, 5) is 17.4. The van der Waals surface area contributed by atoms with Crippen molar-refractivity contribution in [1.82, 2.24) is 15.5 Å². The number of nitro groups is 1. The van der Waals surface area contributed by atoms with Gasteiger partial charge in [-0.2, -0.15) is 0 Å². The van der Waals surface area contributed by atoms with Gasteiger partial charge in [-0.05, 0) is 24.6 Å². The van der Waals surface area contributed by atoms with Crippen molar-refractivity contribution in [3.8, 4) is 5.75 Å². The first-order valence-corrected chi connectivity index (χ1v) is 10.9. The summed E-state index contributed by atoms with van der Waals surface area (Å²) in [5, 5.41) is 17.5. The Hall–Kier alpha value is -2.44. The molecule has 0 aliphatic carbocycles. The smallest absolute Gasteiger partial charge is 0.269 e. The zero-order chi connectivity index (χ0) is 22.6. The zero-order valence-corrected chi connectivity index (χ0v) is 21.2. The Labute approximate surface area is 211 Å². The number of aliphatic imine (C=N–C) groups is 1. The summed E-state index contributed by atoms with van der Waals surface area (Å²) in [7, 11) is 0. The lowest BCUT2D eigenvalue weighted by molar-refractivity contribution is -0.384. The van der Waals surface area contributed by atoms with Gasteiger partial charge in [0.05, 0.1) is 31.2 Å². The highest BCUT2D eigenvalue weighted by molar-refractivity contribution is 14.0. The molecule has 10 heteroatoms. The number of morpholine rings is 1. The molecule has 0 unspecified atom stereocenters. The summed E-state index contributed by atoms with van der Waals surface area (Å²) in [6, 6.07) is 14.4. The summed E-state index contributed by atoms with van der Waals surface area (Å²) < 4.78 is 11.2. The number of halogens is 1. The summed E-state index contributed by atoms with van der Waals surface area (Å²) in [6.07, 6.45) is 0. The fraction of sp³-hybridized carbons (Fsp3) is 0.435. The molecule has 3 rings (SSSR count). The average Bonchev–Trinajstić information content (AvgIpc) is 2.82. The molecule has 0 radical (unpaired) electrons. The van der Waals surface area contributed by atoms with E-state index >= 15 is 0 Å². The molecule has 33 heavy (non-hydrogen) atoms. The topological polar surface area (TPSA) is 101 Å². The molecule has 1 heterocycles. The van der Waals surface area contributed by atoms with Crippen LogP contribution >= 0.6 is 24.0 Å². The third-order valence-electron chi connectivity index (χ3n) is 5.08. The number of nitrogens with zero attached hydrogens (tertiary/aromatic N) is 3. The van der Waals surface area contributed by atoms with Crippen molar-refractivity contribution in [3.05, 3.63) is 69.8 Å². The molecule has 0 atom stereocenters. The molecule has 1 aliphatic heterocycles. The summed E-state index contributed by atoms with van der Waals surface area (Å²) in [5.41, 5.74) is 2.18. The first kappa shape index (κ1) is 26.8. The Kier molecular flexibility index (Phi) is 11.9. The minimum absolute atomic E-state index is 0. The van der Waals surface area contributed by atoms with Gasteiger partial charge in [-0.25, -0.2) is 4.99 Å². The van der Waals surface area contributed by atoms with Crippen LogP contribution in [0.4, 0.5) is 5.69 Å². The highest BCUT2D eigenvalue weighted by atomic mass is 127. The second kappa shape index (κ2) is 14.7. The van der Waals surface area contributed by atoms with E-state index in [0.717, 1.165) is 50.7 Å². The number of hydrogen-bond donors (Lipinski definition) is 2. The van der Waals surface area contributed by atoms with Crippen LogP contribution < -0.4 is 15.4 Å². The van der Waals surface area contributed by atoms with Gasteiger partial charge in [0.2, 0.25) is 0 Å². The van der Waals surface area contributed by atoms with Crippen LogP contribution in [0.2, 0.25) is 0 Å². The lowest BCUT2D eigenvalue weighted by Gasteiger charge is -2.26. The van der Waals surface area contributed by atoms with Crippen LogP contribution in [0.3, 0.4) is 0 Å². The Bertz CT molecular complexity index is 871. The molecule has 9 nitrogen and oxygen atoms in total. The van der Waals surface area contributed by atoms with Crippen LogP contribution in [-0.4, -0.2) is 68.3 Å². The first-order valence-electron chi connectivity index (χ1n) is 10.9. The number of non-ortho nitro benzene ring substituents is 1. The van der Waals surface area contributed by atoms with Gasteiger partial charge in [0.1, 0.15) is 12.4 Å². The van der Waals surface area contributed by atoms with Gasteiger partial charge in [-0.3, -0.25) is 15.0 Å². The van der Waals surface area contributed by atoms with Crippen molar-refractivity contribution in [2.75, 3.05) is 52.5 Å². The number of aryl methyl sites for hydroxylation is 1. The Balaban J connectivity index is 0.00000385. The van der Waals surface area contributed by atoms with E-state index in [1.54, 1.807) is 12.1 Å². The molecule has 180 valence electrons. The van der Waals surface area contributed by atoms with E-state index in [9.17, 15) is 10.1 Å². The van der Waals surface area contributed by atoms with Gasteiger partial charge in [0, 0.05) is 38.3 Å². The minimum Gasteiger partial charge on any atom is -0.492 e. The monoisotopic (exact) mass is 569 g/mol. The second-order valence-electron chi connectivity index (χ2n) is 7.56. The number of guanidine groups is 1. The SMILES string of the molecule is Cc1ccc(OCCNC(=NCc2ccc([N+](=O)[O-])cc2)NCCN2CCOCC2)cc1.I. The fourth-order valence-corrected chi connectivity index (χ4v) is 3.20. The highest BCUT2D eigenvalue weighted by Crippen LogP contribution is 2.12. The lowest BCUT2D eigenvalue weighted by Crippen LogP contribution is -2.45. The second-order valence-corrected chi connectivity index (χ2v) is 7.56. The fourth-order valence-electron chi connectivity index (χ4n) is 3.20. The molecule has 0 bridgehead atoms. The van der Waals surface area contributed by atoms with Crippen molar-refractivity contribution in [2.24, 2.45) is 4.99 Å². The van der Waals surface area contributed by atoms with E-state index in [0.29, 0.717) is 25.7 Å². The van der Waals surface area contributed by atoms with Gasteiger partial charge in [0.15, 0.2) is 5.96 Å². The van der Waals surface area contributed by atoms with Crippen LogP contribution in [-0.2, 0) is 11.3 Å². The number of nitro benzene ring substituents is 1. The van der Waals surface area contributed by atoms with Crippen LogP contribution in [0.25, 0.3) is 0 Å². The van der Waals surface area contributed by atoms with Crippen LogP contribution in [0, 0.1) is 17.0 Å². The van der Waals surface area contributed by atoms with Gasteiger partial charge in [-0.15, -0.1) is 24.0 Å². The maximum Gasteiger partial charge on any atom is 0.269 e. The van der Waals surface area contributed by atoms with Gasteiger partial charge >= 0.3 is 0 Å². The molecule has 1 saturated heterocycles. The first-order chi connectivity index (χ1) is 15.6. The Morgan fingerprint density at radius 3 is 2.42 bits per heavy atom. The molecule has 2 aromatic rings. The molecule has 1 aliphatic rings. The van der Waals surface area contributed by atoms with Crippen LogP contribution in [0.15, 0.2) is 53.5 Å². The molecule has 2 aromatic carbocycles. The van der Waals surface area contributed by atoms with Gasteiger partial charge in [-0.1, -0.05) is 29.8 Å². The van der Waals surface area contributed by atoms with Crippen LogP contribution in [0.1, 0.15) is 11.1 Å². The van der Waals surface area contributed by atoms with E-state index in [1.165, 1.54) is 17.7 Å². The van der Waals surface area contributed by atoms with Crippen LogP contribution in [0.5, 0.6) is 5.75 Å². The van der Waals surface area contributed by atoms with E-state index < -0.39 is 4.92 Å². The van der Waals surface area contributed by atoms with Gasteiger partial charge in [0.25, 0.3) is 5.69 Å². The average molecular weight is 569 g/mol. The molecule has 1 fully saturated rings. The number of rotatable bonds is 10. The standard InChI is InChI=1S/C23H31N5O4.HI/c1-19-2-8-22(9-3-19)32-15-11-25-23(24-10-12-27-13-16-31-17-14-27)26-18-20-4-6-21(7-5-20)28(29)30;/h2-9H,10-18H2,1H3,(H2,24,25,26);1H. The van der Waals surface area contributed by atoms with Crippen molar-refractivity contribution in [3.63, 3.8) is 0 Å². The highest BCUT2D eigenvalue weighted by Gasteiger charge is 2.10. The summed E-state index contributed by atoms with van der Waals surface area (Å²) in [6.45, 7) is 8.65. The quantitative estimate of drug-likeness (QED) is 0.113. The third kappa shape index (κ3) is 9.93. The molecular weight excluding hydrogens is 537 g/mol. The van der Waals surface area contributed by atoms with E-state index in [4.69, 9.17) is 9.47 Å². The third-order valence-corrected chi connectivity index (χ3v) is 5.08. The predicted octanol–water partition coefficient (Wildman–Crippen LogP) is 2.97. The summed E-state index contributed by atoms with van der Waals surface area (Å²) in [5.74, 6) is 1.52. The number of hydrogen-bond acceptors (Lipinski definition) is 6. The largest absolute Gasteiger partial charge is 0.492 e. The molecule has 0 aromatic heterocycles. The number of nitrogens with one attached hydrogen (secondary N) is 2.